The summed E-state index contributed by atoms with van der Waals surface area (Å²) in [5, 5.41) is 13.8. The third kappa shape index (κ3) is 5.37. The van der Waals surface area contributed by atoms with E-state index < -0.39 is 11.4 Å². The van der Waals surface area contributed by atoms with Crippen molar-refractivity contribution in [3.63, 3.8) is 0 Å². The van der Waals surface area contributed by atoms with E-state index in [9.17, 15) is 18.8 Å². The van der Waals surface area contributed by atoms with E-state index in [0.29, 0.717) is 16.8 Å². The van der Waals surface area contributed by atoms with Crippen LogP contribution in [0.25, 0.3) is 0 Å². The highest BCUT2D eigenvalue weighted by Crippen LogP contribution is 2.25. The third-order valence-corrected chi connectivity index (χ3v) is 4.16. The molecule has 0 atom stereocenters. The number of hydrogen-bond acceptors (Lipinski definition) is 3. The van der Waals surface area contributed by atoms with Crippen LogP contribution in [0.15, 0.2) is 48.5 Å². The van der Waals surface area contributed by atoms with Crippen molar-refractivity contribution in [2.75, 3.05) is 11.9 Å². The van der Waals surface area contributed by atoms with Gasteiger partial charge in [0.25, 0.3) is 5.91 Å². The quantitative estimate of drug-likeness (QED) is 0.696. The zero-order chi connectivity index (χ0) is 20.0. The van der Waals surface area contributed by atoms with Gasteiger partial charge >= 0.3 is 5.97 Å². The normalized spacial score (nSPS) is 10.9. The second kappa shape index (κ2) is 8.44. The summed E-state index contributed by atoms with van der Waals surface area (Å²) < 4.78 is 13.1. The lowest BCUT2D eigenvalue weighted by molar-refractivity contribution is -0.136. The van der Waals surface area contributed by atoms with Crippen molar-refractivity contribution in [3.05, 3.63) is 65.5 Å². The SMILES string of the molecule is CC(C)(C(=O)Nc1ccc(C(=O)NCCC(=O)O)cc1)c1ccc(F)cc1. The van der Waals surface area contributed by atoms with Crippen LogP contribution in [0.3, 0.4) is 0 Å². The van der Waals surface area contributed by atoms with Gasteiger partial charge in [-0.3, -0.25) is 14.4 Å². The number of halogens is 1. The van der Waals surface area contributed by atoms with Crippen LogP contribution in [0.1, 0.15) is 36.2 Å². The minimum atomic E-state index is -0.989. The molecule has 142 valence electrons. The topological polar surface area (TPSA) is 95.5 Å². The number of carboxylic acid groups (broad SMARTS) is 1. The van der Waals surface area contributed by atoms with Gasteiger partial charge in [-0.25, -0.2) is 4.39 Å². The van der Waals surface area contributed by atoms with Gasteiger partial charge in [-0.1, -0.05) is 12.1 Å². The molecular weight excluding hydrogens is 351 g/mol. The van der Waals surface area contributed by atoms with E-state index in [1.165, 1.54) is 24.3 Å². The number of benzene rings is 2. The number of aliphatic carboxylic acids is 1. The molecule has 2 aromatic rings. The van der Waals surface area contributed by atoms with Gasteiger partial charge in [-0.15, -0.1) is 0 Å². The minimum Gasteiger partial charge on any atom is -0.481 e. The van der Waals surface area contributed by atoms with Gasteiger partial charge in [-0.05, 0) is 55.8 Å². The van der Waals surface area contributed by atoms with Crippen molar-refractivity contribution in [3.8, 4) is 0 Å². The lowest BCUT2D eigenvalue weighted by atomic mass is 9.83. The molecule has 0 aliphatic rings. The van der Waals surface area contributed by atoms with E-state index >= 15 is 0 Å². The molecule has 0 fully saturated rings. The van der Waals surface area contributed by atoms with Crippen LogP contribution in [0.4, 0.5) is 10.1 Å². The monoisotopic (exact) mass is 372 g/mol. The molecule has 2 aromatic carbocycles. The van der Waals surface area contributed by atoms with Gasteiger partial charge in [0, 0.05) is 17.8 Å². The van der Waals surface area contributed by atoms with Crippen LogP contribution in [0.5, 0.6) is 0 Å². The number of hydrogen-bond donors (Lipinski definition) is 3. The largest absolute Gasteiger partial charge is 0.481 e. The molecule has 0 aromatic heterocycles. The van der Waals surface area contributed by atoms with Gasteiger partial charge in [0.2, 0.25) is 5.91 Å². The van der Waals surface area contributed by atoms with Crippen molar-refractivity contribution in [1.82, 2.24) is 5.32 Å². The Bertz CT molecular complexity index is 830. The zero-order valence-corrected chi connectivity index (χ0v) is 15.1. The molecule has 0 saturated carbocycles. The van der Waals surface area contributed by atoms with Crippen LogP contribution in [-0.4, -0.2) is 29.4 Å². The highest BCUT2D eigenvalue weighted by Gasteiger charge is 2.29. The standard InChI is InChI=1S/C20H21FN2O4/c1-20(2,14-5-7-15(21)8-6-14)19(27)23-16-9-3-13(4-10-16)18(26)22-12-11-17(24)25/h3-10H,11-12H2,1-2H3,(H,22,26)(H,23,27)(H,24,25). The number of rotatable bonds is 7. The molecule has 2 amide bonds. The molecule has 27 heavy (non-hydrogen) atoms. The number of carboxylic acids is 1. The molecule has 0 unspecified atom stereocenters. The number of nitrogens with one attached hydrogen (secondary N) is 2. The maximum Gasteiger partial charge on any atom is 0.305 e. The highest BCUT2D eigenvalue weighted by atomic mass is 19.1. The summed E-state index contributed by atoms with van der Waals surface area (Å²) in [5.74, 6) is -2.02. The van der Waals surface area contributed by atoms with E-state index in [-0.39, 0.29) is 30.6 Å². The van der Waals surface area contributed by atoms with Crippen molar-refractivity contribution in [1.29, 1.82) is 0 Å². The molecule has 3 N–H and O–H groups in total. The molecule has 0 radical (unpaired) electrons. The van der Waals surface area contributed by atoms with Crippen LogP contribution >= 0.6 is 0 Å². The summed E-state index contributed by atoms with van der Waals surface area (Å²) in [5.41, 5.74) is 0.671. The molecule has 6 nitrogen and oxygen atoms in total. The first kappa shape index (κ1) is 20.1. The van der Waals surface area contributed by atoms with Crippen LogP contribution in [0, 0.1) is 5.82 Å². The number of anilines is 1. The summed E-state index contributed by atoms with van der Waals surface area (Å²) in [6.07, 6.45) is -0.154. The van der Waals surface area contributed by atoms with E-state index in [1.54, 1.807) is 38.1 Å². The lowest BCUT2D eigenvalue weighted by Gasteiger charge is -2.24. The second-order valence-electron chi connectivity index (χ2n) is 6.56. The molecule has 0 aliphatic heterocycles. The molecular formula is C20H21FN2O4. The Morgan fingerprint density at radius 3 is 2.15 bits per heavy atom. The number of carbonyl (C=O) groups is 3. The molecule has 0 bridgehead atoms. The van der Waals surface area contributed by atoms with E-state index in [1.807, 2.05) is 0 Å². The maximum absolute atomic E-state index is 13.1. The fourth-order valence-corrected chi connectivity index (χ4v) is 2.37. The summed E-state index contributed by atoms with van der Waals surface area (Å²) in [7, 11) is 0. The van der Waals surface area contributed by atoms with Crippen molar-refractivity contribution >= 4 is 23.5 Å². The van der Waals surface area contributed by atoms with Gasteiger partial charge < -0.3 is 15.7 Å². The fourth-order valence-electron chi connectivity index (χ4n) is 2.37. The molecule has 0 spiro atoms. The number of amides is 2. The Kier molecular flexibility index (Phi) is 6.28. The second-order valence-corrected chi connectivity index (χ2v) is 6.56. The van der Waals surface area contributed by atoms with Crippen molar-refractivity contribution < 1.29 is 23.9 Å². The Labute approximate surface area is 156 Å². The van der Waals surface area contributed by atoms with Crippen LogP contribution < -0.4 is 10.6 Å². The number of carbonyl (C=O) groups excluding carboxylic acids is 2. The van der Waals surface area contributed by atoms with Gasteiger partial charge in [0.15, 0.2) is 0 Å². The predicted molar refractivity (Wildman–Crippen MR) is 99.1 cm³/mol. The Morgan fingerprint density at radius 1 is 1.00 bits per heavy atom. The third-order valence-electron chi connectivity index (χ3n) is 4.16. The smallest absolute Gasteiger partial charge is 0.305 e. The van der Waals surface area contributed by atoms with E-state index in [2.05, 4.69) is 10.6 Å². The molecule has 7 heteroatoms. The first-order valence-electron chi connectivity index (χ1n) is 8.37. The first-order valence-corrected chi connectivity index (χ1v) is 8.37. The highest BCUT2D eigenvalue weighted by molar-refractivity contribution is 5.99. The lowest BCUT2D eigenvalue weighted by Crippen LogP contribution is -2.34. The maximum atomic E-state index is 13.1. The van der Waals surface area contributed by atoms with Gasteiger partial charge in [0.05, 0.1) is 11.8 Å². The van der Waals surface area contributed by atoms with E-state index in [4.69, 9.17) is 5.11 Å². The summed E-state index contributed by atoms with van der Waals surface area (Å²) >= 11 is 0. The molecule has 0 saturated heterocycles. The molecule has 0 heterocycles. The fraction of sp³-hybridized carbons (Fsp3) is 0.250. The summed E-state index contributed by atoms with van der Waals surface area (Å²) in [4.78, 5) is 35.0. The first-order chi connectivity index (χ1) is 12.7. The van der Waals surface area contributed by atoms with Crippen LogP contribution in [-0.2, 0) is 15.0 Å². The Hall–Kier alpha value is -3.22. The van der Waals surface area contributed by atoms with Gasteiger partial charge in [-0.2, -0.15) is 0 Å². The van der Waals surface area contributed by atoms with Crippen LogP contribution in [0.2, 0.25) is 0 Å². The zero-order valence-electron chi connectivity index (χ0n) is 15.1. The van der Waals surface area contributed by atoms with Crippen molar-refractivity contribution in [2.24, 2.45) is 0 Å². The summed E-state index contributed by atoms with van der Waals surface area (Å²) in [6, 6.07) is 12.0. The molecule has 0 aliphatic carbocycles. The minimum absolute atomic E-state index is 0.0402. The van der Waals surface area contributed by atoms with Crippen molar-refractivity contribution in [2.45, 2.75) is 25.7 Å². The average Bonchev–Trinajstić information content (AvgIpc) is 2.62. The Morgan fingerprint density at radius 2 is 1.59 bits per heavy atom. The average molecular weight is 372 g/mol. The van der Waals surface area contributed by atoms with Gasteiger partial charge in [0.1, 0.15) is 5.82 Å². The van der Waals surface area contributed by atoms with E-state index in [0.717, 1.165) is 0 Å². The molecule has 2 rings (SSSR count). The predicted octanol–water partition coefficient (Wildman–Crippen LogP) is 2.95. The Balaban J connectivity index is 2.00. The summed E-state index contributed by atoms with van der Waals surface area (Å²) in [6.45, 7) is 3.51.